The Labute approximate surface area is 168 Å². The zero-order valence-electron chi connectivity index (χ0n) is 17.5. The number of aliphatic hydroxyl groups is 1. The maximum absolute atomic E-state index is 13.4. The van der Waals surface area contributed by atoms with Crippen molar-refractivity contribution in [2.75, 3.05) is 0 Å². The van der Waals surface area contributed by atoms with Crippen LogP contribution in [0.15, 0.2) is 18.0 Å². The first-order valence-electron chi connectivity index (χ1n) is 11.2. The van der Waals surface area contributed by atoms with Crippen molar-refractivity contribution in [1.29, 1.82) is 0 Å². The predicted molar refractivity (Wildman–Crippen MR) is 109 cm³/mol. The van der Waals surface area contributed by atoms with Crippen molar-refractivity contribution in [2.24, 2.45) is 41.5 Å². The Hall–Kier alpha value is -1.42. The molecule has 4 fully saturated rings. The number of hydrogen-bond acceptors (Lipinski definition) is 3. The van der Waals surface area contributed by atoms with Gasteiger partial charge < -0.3 is 5.11 Å². The van der Waals surface area contributed by atoms with Gasteiger partial charge in [-0.05, 0) is 92.1 Å². The number of fused-ring (bicyclic) bond motifs is 5. The Morgan fingerprint density at radius 1 is 1.18 bits per heavy atom. The highest BCUT2D eigenvalue weighted by Gasteiger charge is 2.61. The van der Waals surface area contributed by atoms with Crippen LogP contribution < -0.4 is 0 Å². The number of aliphatic hydroxyl groups excluding tert-OH is 1. The van der Waals surface area contributed by atoms with E-state index < -0.39 is 0 Å². The number of carbonyl (C=O) groups is 1. The predicted octanol–water partition coefficient (Wildman–Crippen LogP) is 4.39. The standard InChI is InChI=1S/C24H34N2O2/c1-23-8-6-18(27)12-17(23)4-5-19-20(23)7-9-24(2)21(19)11-16(22(24)28)10-15-13-25-26(3)14-15/h10,13-14,17-21,27H,4-9,11-12H2,1-3H3/b16-10-/t17-,18+,19-,20+,21+,23-,24-/m0/s1. The summed E-state index contributed by atoms with van der Waals surface area (Å²) in [5, 5.41) is 14.5. The maximum Gasteiger partial charge on any atom is 0.165 e. The van der Waals surface area contributed by atoms with Gasteiger partial charge in [0, 0.05) is 24.2 Å². The van der Waals surface area contributed by atoms with Crippen molar-refractivity contribution in [2.45, 2.75) is 71.3 Å². The molecule has 0 aromatic carbocycles. The average molecular weight is 383 g/mol. The molecule has 4 heteroatoms. The molecule has 7 atom stereocenters. The molecule has 0 amide bonds. The van der Waals surface area contributed by atoms with Crippen molar-refractivity contribution in [3.63, 3.8) is 0 Å². The molecule has 1 aromatic heterocycles. The number of carbonyl (C=O) groups excluding carboxylic acids is 1. The lowest BCUT2D eigenvalue weighted by Crippen LogP contribution is -2.54. The van der Waals surface area contributed by atoms with Crippen LogP contribution in [0.4, 0.5) is 0 Å². The van der Waals surface area contributed by atoms with Gasteiger partial charge in [-0.1, -0.05) is 13.8 Å². The van der Waals surface area contributed by atoms with E-state index in [0.29, 0.717) is 29.0 Å². The van der Waals surface area contributed by atoms with Gasteiger partial charge in [0.25, 0.3) is 0 Å². The monoisotopic (exact) mass is 382 g/mol. The fourth-order valence-electron chi connectivity index (χ4n) is 7.75. The maximum atomic E-state index is 13.4. The molecule has 0 unspecified atom stereocenters. The fourth-order valence-corrected chi connectivity index (χ4v) is 7.75. The first-order valence-corrected chi connectivity index (χ1v) is 11.2. The summed E-state index contributed by atoms with van der Waals surface area (Å²) >= 11 is 0. The number of aryl methyl sites for hydroxylation is 1. The van der Waals surface area contributed by atoms with E-state index in [1.807, 2.05) is 19.4 Å². The molecule has 0 aliphatic heterocycles. The topological polar surface area (TPSA) is 55.1 Å². The molecular formula is C24H34N2O2. The van der Waals surface area contributed by atoms with Gasteiger partial charge in [-0.3, -0.25) is 9.48 Å². The van der Waals surface area contributed by atoms with Gasteiger partial charge in [0.05, 0.1) is 12.3 Å². The second-order valence-corrected chi connectivity index (χ2v) is 10.7. The van der Waals surface area contributed by atoms with Gasteiger partial charge in [0.2, 0.25) is 0 Å². The van der Waals surface area contributed by atoms with Gasteiger partial charge >= 0.3 is 0 Å². The Morgan fingerprint density at radius 2 is 2.00 bits per heavy atom. The van der Waals surface area contributed by atoms with E-state index >= 15 is 0 Å². The number of nitrogens with zero attached hydrogens (tertiary/aromatic N) is 2. The van der Waals surface area contributed by atoms with Crippen molar-refractivity contribution in [1.82, 2.24) is 9.78 Å². The average Bonchev–Trinajstić information content (AvgIpc) is 3.18. The molecule has 0 spiro atoms. The summed E-state index contributed by atoms with van der Waals surface area (Å²) < 4.78 is 1.80. The lowest BCUT2D eigenvalue weighted by Gasteiger charge is -2.59. The van der Waals surface area contributed by atoms with E-state index in [-0.39, 0.29) is 11.5 Å². The first kappa shape index (κ1) is 18.6. The van der Waals surface area contributed by atoms with Gasteiger partial charge in [-0.25, -0.2) is 0 Å². The summed E-state index contributed by atoms with van der Waals surface area (Å²) in [7, 11) is 1.92. The minimum absolute atomic E-state index is 0.0921. The number of hydrogen-bond donors (Lipinski definition) is 1. The zero-order valence-corrected chi connectivity index (χ0v) is 17.5. The highest BCUT2D eigenvalue weighted by Crippen LogP contribution is 2.66. The van der Waals surface area contributed by atoms with Crippen molar-refractivity contribution >= 4 is 11.9 Å². The molecule has 0 bridgehead atoms. The van der Waals surface area contributed by atoms with Crippen molar-refractivity contribution < 1.29 is 9.90 Å². The van der Waals surface area contributed by atoms with E-state index in [4.69, 9.17) is 0 Å². The second kappa shape index (κ2) is 6.29. The fraction of sp³-hybridized carbons (Fsp3) is 0.750. The van der Waals surface area contributed by atoms with Crippen LogP contribution in [0.3, 0.4) is 0 Å². The second-order valence-electron chi connectivity index (χ2n) is 10.7. The Bertz CT molecular complexity index is 826. The summed E-state index contributed by atoms with van der Waals surface area (Å²) in [5.74, 6) is 2.95. The number of aromatic nitrogens is 2. The van der Waals surface area contributed by atoms with E-state index in [1.54, 1.807) is 4.68 Å². The van der Waals surface area contributed by atoms with Crippen molar-refractivity contribution in [3.05, 3.63) is 23.5 Å². The molecular weight excluding hydrogens is 348 g/mol. The molecule has 0 radical (unpaired) electrons. The van der Waals surface area contributed by atoms with Crippen LogP contribution in [-0.4, -0.2) is 26.8 Å². The van der Waals surface area contributed by atoms with Crippen LogP contribution in [-0.2, 0) is 11.8 Å². The van der Waals surface area contributed by atoms with Gasteiger partial charge in [0.1, 0.15) is 0 Å². The molecule has 0 saturated heterocycles. The third kappa shape index (κ3) is 2.59. The molecule has 4 aliphatic rings. The van der Waals surface area contributed by atoms with Crippen LogP contribution in [0.2, 0.25) is 0 Å². The summed E-state index contributed by atoms with van der Waals surface area (Å²) in [5.41, 5.74) is 2.25. The highest BCUT2D eigenvalue weighted by atomic mass is 16.3. The SMILES string of the molecule is Cn1cc(/C=C2/C[C@@H]3[C@H]4CC[C@H]5C[C@H](O)CC[C@]5(C)[C@@H]4CC[C@]3(C)C2=O)cn1. The molecule has 5 rings (SSSR count). The first-order chi connectivity index (χ1) is 13.3. The van der Waals surface area contributed by atoms with Gasteiger partial charge in [0.15, 0.2) is 5.78 Å². The van der Waals surface area contributed by atoms with Crippen LogP contribution in [0, 0.1) is 34.5 Å². The highest BCUT2D eigenvalue weighted by molar-refractivity contribution is 6.05. The number of ketones is 1. The van der Waals surface area contributed by atoms with E-state index in [1.165, 1.54) is 19.3 Å². The number of rotatable bonds is 1. The quantitative estimate of drug-likeness (QED) is 0.733. The molecule has 1 N–H and O–H groups in total. The van der Waals surface area contributed by atoms with Crippen molar-refractivity contribution in [3.8, 4) is 0 Å². The third-order valence-corrected chi connectivity index (χ3v) is 9.34. The minimum atomic E-state index is -0.174. The minimum Gasteiger partial charge on any atom is -0.393 e. The smallest absolute Gasteiger partial charge is 0.165 e. The Kier molecular flexibility index (Phi) is 4.18. The van der Waals surface area contributed by atoms with E-state index in [9.17, 15) is 9.90 Å². The van der Waals surface area contributed by atoms with Crippen LogP contribution in [0.5, 0.6) is 0 Å². The molecule has 4 aliphatic carbocycles. The largest absolute Gasteiger partial charge is 0.393 e. The van der Waals surface area contributed by atoms with Crippen LogP contribution in [0.25, 0.3) is 6.08 Å². The summed E-state index contributed by atoms with van der Waals surface area (Å²) in [6, 6.07) is 0. The summed E-state index contributed by atoms with van der Waals surface area (Å²) in [6.07, 6.45) is 14.6. The molecule has 4 nitrogen and oxygen atoms in total. The summed E-state index contributed by atoms with van der Waals surface area (Å²) in [6.45, 7) is 4.76. The molecule has 1 aromatic rings. The normalized spacial score (nSPS) is 46.9. The molecule has 152 valence electrons. The number of Topliss-reactive ketones (excluding diaryl/α,β-unsaturated/α-hetero) is 1. The Morgan fingerprint density at radius 3 is 2.75 bits per heavy atom. The van der Waals surface area contributed by atoms with E-state index in [2.05, 4.69) is 25.0 Å². The van der Waals surface area contributed by atoms with Crippen LogP contribution >= 0.6 is 0 Å². The lowest BCUT2D eigenvalue weighted by molar-refractivity contribution is -0.141. The molecule has 1 heterocycles. The van der Waals surface area contributed by atoms with E-state index in [0.717, 1.165) is 49.2 Å². The van der Waals surface area contributed by atoms with Gasteiger partial charge in [-0.2, -0.15) is 5.10 Å². The van der Waals surface area contributed by atoms with Crippen LogP contribution in [0.1, 0.15) is 70.8 Å². The zero-order chi connectivity index (χ0) is 19.7. The molecule has 28 heavy (non-hydrogen) atoms. The third-order valence-electron chi connectivity index (χ3n) is 9.34. The Balaban J connectivity index is 1.45. The molecule has 4 saturated carbocycles. The number of allylic oxidation sites excluding steroid dienone is 1. The summed E-state index contributed by atoms with van der Waals surface area (Å²) in [4.78, 5) is 13.4. The van der Waals surface area contributed by atoms with Gasteiger partial charge in [-0.15, -0.1) is 0 Å². The lowest BCUT2D eigenvalue weighted by atomic mass is 9.45.